The molecule has 2 N–H and O–H groups in total. The number of hydrogen-bond donors (Lipinski definition) is 2. The number of aliphatic hydroxyl groups excluding tert-OH is 1. The van der Waals surface area contributed by atoms with Crippen molar-refractivity contribution in [2.45, 2.75) is 10.8 Å². The van der Waals surface area contributed by atoms with Gasteiger partial charge in [-0.3, -0.25) is 4.72 Å². The largest absolute Gasteiger partial charge is 0.390 e. The van der Waals surface area contributed by atoms with Gasteiger partial charge in [0.05, 0.1) is 12.3 Å². The first-order valence-electron chi connectivity index (χ1n) is 4.75. The van der Waals surface area contributed by atoms with Crippen molar-refractivity contribution >= 4 is 27.2 Å². The fourth-order valence-electron chi connectivity index (χ4n) is 1.23. The third-order valence-electron chi connectivity index (χ3n) is 1.97. The van der Waals surface area contributed by atoms with Gasteiger partial charge in [0, 0.05) is 0 Å². The number of sulfonamides is 1. The Morgan fingerprint density at radius 3 is 2.76 bits per heavy atom. The van der Waals surface area contributed by atoms with Crippen molar-refractivity contribution < 1.29 is 13.5 Å². The molecule has 0 aromatic carbocycles. The molecule has 0 spiro atoms. The molecule has 17 heavy (non-hydrogen) atoms. The molecule has 90 valence electrons. The van der Waals surface area contributed by atoms with Gasteiger partial charge in [0.1, 0.15) is 10.0 Å². The maximum absolute atomic E-state index is 11.9. The van der Waals surface area contributed by atoms with Gasteiger partial charge in [0.25, 0.3) is 10.0 Å². The Kier molecular flexibility index (Phi) is 3.41. The van der Waals surface area contributed by atoms with Gasteiger partial charge >= 0.3 is 0 Å². The summed E-state index contributed by atoms with van der Waals surface area (Å²) in [6.07, 6.45) is 0. The molecule has 0 saturated heterocycles. The molecular weight excluding hydrogens is 260 g/mol. The van der Waals surface area contributed by atoms with Crippen LogP contribution < -0.4 is 4.72 Å². The van der Waals surface area contributed by atoms with Crippen LogP contribution in [0.3, 0.4) is 0 Å². The highest BCUT2D eigenvalue weighted by Gasteiger charge is 2.15. The highest BCUT2D eigenvalue weighted by molar-refractivity contribution is 7.94. The van der Waals surface area contributed by atoms with E-state index in [-0.39, 0.29) is 16.6 Å². The Morgan fingerprint density at radius 1 is 1.29 bits per heavy atom. The maximum Gasteiger partial charge on any atom is 0.272 e. The smallest absolute Gasteiger partial charge is 0.272 e. The van der Waals surface area contributed by atoms with E-state index < -0.39 is 10.0 Å². The predicted octanol–water partition coefficient (Wildman–Crippen LogP) is 1.44. The summed E-state index contributed by atoms with van der Waals surface area (Å²) in [5.74, 6) is 0.199. The molecule has 0 aliphatic heterocycles. The lowest BCUT2D eigenvalue weighted by atomic mass is 10.3. The number of rotatable bonds is 4. The van der Waals surface area contributed by atoms with Crippen molar-refractivity contribution in [1.82, 2.24) is 4.98 Å². The third kappa shape index (κ3) is 2.82. The minimum absolute atomic E-state index is 0.199. The van der Waals surface area contributed by atoms with Gasteiger partial charge in [-0.25, -0.2) is 13.4 Å². The average molecular weight is 270 g/mol. The first-order chi connectivity index (χ1) is 8.12. The Hall–Kier alpha value is -1.44. The van der Waals surface area contributed by atoms with Gasteiger partial charge in [-0.2, -0.15) is 0 Å². The molecule has 2 heterocycles. The van der Waals surface area contributed by atoms with Crippen molar-refractivity contribution in [3.8, 4) is 0 Å². The van der Waals surface area contributed by atoms with Crippen LogP contribution in [0.1, 0.15) is 5.69 Å². The van der Waals surface area contributed by atoms with E-state index in [0.717, 1.165) is 11.3 Å². The van der Waals surface area contributed by atoms with Crippen molar-refractivity contribution in [3.05, 3.63) is 41.4 Å². The molecule has 0 saturated carbocycles. The van der Waals surface area contributed by atoms with Crippen LogP contribution >= 0.6 is 11.3 Å². The second-order valence-corrected chi connectivity index (χ2v) is 6.07. The molecule has 5 nitrogen and oxygen atoms in total. The Balaban J connectivity index is 2.26. The van der Waals surface area contributed by atoms with E-state index in [2.05, 4.69) is 9.71 Å². The van der Waals surface area contributed by atoms with Crippen LogP contribution in [0.2, 0.25) is 0 Å². The minimum Gasteiger partial charge on any atom is -0.390 e. The number of nitrogens with zero attached hydrogens (tertiary/aromatic N) is 1. The fourth-order valence-corrected chi connectivity index (χ4v) is 3.22. The van der Waals surface area contributed by atoms with Crippen molar-refractivity contribution in [3.63, 3.8) is 0 Å². The summed E-state index contributed by atoms with van der Waals surface area (Å²) in [6.45, 7) is -0.228. The van der Waals surface area contributed by atoms with Crippen LogP contribution in [0.5, 0.6) is 0 Å². The van der Waals surface area contributed by atoms with E-state index >= 15 is 0 Å². The lowest BCUT2D eigenvalue weighted by Gasteiger charge is -2.06. The van der Waals surface area contributed by atoms with Crippen LogP contribution in [0, 0.1) is 0 Å². The van der Waals surface area contributed by atoms with Gasteiger partial charge in [-0.05, 0) is 23.6 Å². The molecule has 0 bridgehead atoms. The zero-order valence-corrected chi connectivity index (χ0v) is 10.3. The molecule has 0 atom stereocenters. The molecule has 0 amide bonds. The van der Waals surface area contributed by atoms with Gasteiger partial charge in [0.2, 0.25) is 0 Å². The first kappa shape index (κ1) is 12.0. The molecule has 0 fully saturated rings. The normalized spacial score (nSPS) is 11.4. The summed E-state index contributed by atoms with van der Waals surface area (Å²) < 4.78 is 26.3. The summed E-state index contributed by atoms with van der Waals surface area (Å²) in [4.78, 5) is 3.95. The van der Waals surface area contributed by atoms with E-state index in [1.54, 1.807) is 23.6 Å². The monoisotopic (exact) mass is 270 g/mol. The maximum atomic E-state index is 11.9. The number of aliphatic hydroxyl groups is 1. The van der Waals surface area contributed by atoms with Crippen LogP contribution in [0.15, 0.2) is 39.9 Å². The topological polar surface area (TPSA) is 79.3 Å². The van der Waals surface area contributed by atoms with Crippen molar-refractivity contribution in [2.24, 2.45) is 0 Å². The zero-order valence-electron chi connectivity index (χ0n) is 8.70. The Morgan fingerprint density at radius 2 is 2.12 bits per heavy atom. The highest BCUT2D eigenvalue weighted by Crippen LogP contribution is 2.19. The van der Waals surface area contributed by atoms with Crippen molar-refractivity contribution in [2.75, 3.05) is 4.72 Å². The second kappa shape index (κ2) is 4.82. The molecule has 0 radical (unpaired) electrons. The molecule has 0 unspecified atom stereocenters. The van der Waals surface area contributed by atoms with Gasteiger partial charge in [-0.1, -0.05) is 12.1 Å². The quantitative estimate of drug-likeness (QED) is 0.881. The van der Waals surface area contributed by atoms with Gasteiger partial charge in [0.15, 0.2) is 0 Å². The number of pyridine rings is 1. The van der Waals surface area contributed by atoms with Gasteiger partial charge < -0.3 is 5.11 Å². The number of nitrogens with one attached hydrogen (secondary N) is 1. The Labute approximate surface area is 103 Å². The van der Waals surface area contributed by atoms with Crippen molar-refractivity contribution in [1.29, 1.82) is 0 Å². The molecule has 2 aromatic heterocycles. The minimum atomic E-state index is -3.57. The fraction of sp³-hybridized carbons (Fsp3) is 0.100. The number of aromatic nitrogens is 1. The Bertz CT molecular complexity index is 594. The molecule has 2 rings (SSSR count). The third-order valence-corrected chi connectivity index (χ3v) is 4.72. The molecular formula is C10H10N2O3S2. The predicted molar refractivity (Wildman–Crippen MR) is 65.3 cm³/mol. The van der Waals surface area contributed by atoms with Crippen LogP contribution in [-0.4, -0.2) is 18.5 Å². The SMILES string of the molecule is O=S(=O)(Nc1cccc(CO)n1)c1cccs1. The van der Waals surface area contributed by atoms with Crippen LogP contribution in [-0.2, 0) is 16.6 Å². The molecule has 0 aliphatic carbocycles. The van der Waals surface area contributed by atoms with Crippen LogP contribution in [0.25, 0.3) is 0 Å². The summed E-state index contributed by atoms with van der Waals surface area (Å²) in [5.41, 5.74) is 0.413. The second-order valence-electron chi connectivity index (χ2n) is 3.21. The summed E-state index contributed by atoms with van der Waals surface area (Å²) in [5, 5.41) is 10.6. The van der Waals surface area contributed by atoms with Gasteiger partial charge in [-0.15, -0.1) is 11.3 Å². The summed E-state index contributed by atoms with van der Waals surface area (Å²) >= 11 is 1.13. The number of thiophene rings is 1. The van der Waals surface area contributed by atoms with E-state index in [9.17, 15) is 8.42 Å². The van der Waals surface area contributed by atoms with E-state index in [4.69, 9.17) is 5.11 Å². The lowest BCUT2D eigenvalue weighted by Crippen LogP contribution is -2.12. The molecule has 7 heteroatoms. The number of anilines is 1. The van der Waals surface area contributed by atoms with E-state index in [1.165, 1.54) is 12.1 Å². The zero-order chi connectivity index (χ0) is 12.3. The van der Waals surface area contributed by atoms with E-state index in [1.807, 2.05) is 0 Å². The highest BCUT2D eigenvalue weighted by atomic mass is 32.2. The number of hydrogen-bond acceptors (Lipinski definition) is 5. The van der Waals surface area contributed by atoms with E-state index in [0.29, 0.717) is 5.69 Å². The summed E-state index contributed by atoms with van der Waals surface area (Å²) in [6, 6.07) is 7.96. The molecule has 2 aromatic rings. The lowest BCUT2D eigenvalue weighted by molar-refractivity contribution is 0.277. The first-order valence-corrected chi connectivity index (χ1v) is 7.11. The molecule has 0 aliphatic rings. The average Bonchev–Trinajstić information content (AvgIpc) is 2.83. The van der Waals surface area contributed by atoms with Crippen LogP contribution in [0.4, 0.5) is 5.82 Å². The summed E-state index contributed by atoms with van der Waals surface area (Å²) in [7, 11) is -3.57. The standard InChI is InChI=1S/C10H10N2O3S2/c13-7-8-3-1-4-9(11-8)12-17(14,15)10-5-2-6-16-10/h1-6,13H,7H2,(H,11,12).